The zero-order valence-corrected chi connectivity index (χ0v) is 10.3. The Hall–Kier alpha value is -1.06. The lowest BCUT2D eigenvalue weighted by Crippen LogP contribution is -2.30. The van der Waals surface area contributed by atoms with E-state index in [0.717, 1.165) is 31.9 Å². The summed E-state index contributed by atoms with van der Waals surface area (Å²) in [5.74, 6) is 1.68. The fourth-order valence-corrected chi connectivity index (χ4v) is 2.18. The predicted octanol–water partition coefficient (Wildman–Crippen LogP) is 1.57. The Labute approximate surface area is 103 Å². The van der Waals surface area contributed by atoms with Crippen molar-refractivity contribution in [2.75, 3.05) is 26.2 Å². The molecular weight excluding hydrogens is 212 g/mol. The average molecular weight is 234 g/mol. The van der Waals surface area contributed by atoms with Gasteiger partial charge in [-0.3, -0.25) is 0 Å². The zero-order valence-electron chi connectivity index (χ0n) is 10.3. The first kappa shape index (κ1) is 12.4. The largest absolute Gasteiger partial charge is 0.493 e. The van der Waals surface area contributed by atoms with Crippen molar-refractivity contribution >= 4 is 0 Å². The quantitative estimate of drug-likeness (QED) is 0.813. The van der Waals surface area contributed by atoms with Gasteiger partial charge in [0.05, 0.1) is 6.61 Å². The second kappa shape index (κ2) is 6.62. The number of nitrogens with one attached hydrogen (secondary N) is 1. The molecule has 0 unspecified atom stereocenters. The van der Waals surface area contributed by atoms with Gasteiger partial charge in [0, 0.05) is 0 Å². The molecule has 3 nitrogen and oxygen atoms in total. The van der Waals surface area contributed by atoms with Gasteiger partial charge in [-0.1, -0.05) is 12.1 Å². The van der Waals surface area contributed by atoms with Gasteiger partial charge >= 0.3 is 0 Å². The van der Waals surface area contributed by atoms with Crippen LogP contribution in [-0.4, -0.2) is 26.2 Å². The SMILES string of the molecule is NCCc1ccc(OCC2CCNCC2)cc1. The van der Waals surface area contributed by atoms with Crippen molar-refractivity contribution in [2.24, 2.45) is 11.7 Å². The molecule has 17 heavy (non-hydrogen) atoms. The molecule has 1 heterocycles. The smallest absolute Gasteiger partial charge is 0.119 e. The van der Waals surface area contributed by atoms with Crippen LogP contribution < -0.4 is 15.8 Å². The molecule has 1 saturated heterocycles. The van der Waals surface area contributed by atoms with E-state index in [9.17, 15) is 0 Å². The second-order valence-electron chi connectivity index (χ2n) is 4.69. The van der Waals surface area contributed by atoms with Crippen LogP contribution >= 0.6 is 0 Å². The van der Waals surface area contributed by atoms with E-state index in [1.165, 1.54) is 18.4 Å². The van der Waals surface area contributed by atoms with E-state index in [1.54, 1.807) is 0 Å². The summed E-state index contributed by atoms with van der Waals surface area (Å²) in [4.78, 5) is 0. The number of rotatable bonds is 5. The van der Waals surface area contributed by atoms with Gasteiger partial charge in [-0.15, -0.1) is 0 Å². The molecule has 0 bridgehead atoms. The topological polar surface area (TPSA) is 47.3 Å². The van der Waals surface area contributed by atoms with Gasteiger partial charge in [0.2, 0.25) is 0 Å². The molecule has 3 N–H and O–H groups in total. The predicted molar refractivity (Wildman–Crippen MR) is 70.3 cm³/mol. The Kier molecular flexibility index (Phi) is 4.83. The van der Waals surface area contributed by atoms with Gasteiger partial charge < -0.3 is 15.8 Å². The average Bonchev–Trinajstić information content (AvgIpc) is 2.40. The second-order valence-corrected chi connectivity index (χ2v) is 4.69. The molecule has 3 heteroatoms. The lowest BCUT2D eigenvalue weighted by molar-refractivity contribution is 0.215. The summed E-state index contributed by atoms with van der Waals surface area (Å²) in [5, 5.41) is 3.37. The molecule has 1 aromatic rings. The number of ether oxygens (including phenoxy) is 1. The summed E-state index contributed by atoms with van der Waals surface area (Å²) in [6, 6.07) is 8.30. The number of benzene rings is 1. The summed E-state index contributed by atoms with van der Waals surface area (Å²) in [7, 11) is 0. The summed E-state index contributed by atoms with van der Waals surface area (Å²) in [5.41, 5.74) is 6.80. The highest BCUT2D eigenvalue weighted by Crippen LogP contribution is 2.16. The van der Waals surface area contributed by atoms with Crippen LogP contribution in [0.1, 0.15) is 18.4 Å². The lowest BCUT2D eigenvalue weighted by atomic mass is 9.99. The van der Waals surface area contributed by atoms with Crippen LogP contribution in [0.15, 0.2) is 24.3 Å². The van der Waals surface area contributed by atoms with Crippen LogP contribution in [0.25, 0.3) is 0 Å². The molecule has 94 valence electrons. The molecule has 0 radical (unpaired) electrons. The summed E-state index contributed by atoms with van der Waals surface area (Å²) in [6.07, 6.45) is 3.39. The normalized spacial score (nSPS) is 17.0. The number of hydrogen-bond donors (Lipinski definition) is 2. The minimum absolute atomic E-state index is 0.704. The maximum atomic E-state index is 5.82. The van der Waals surface area contributed by atoms with Crippen molar-refractivity contribution in [3.63, 3.8) is 0 Å². The van der Waals surface area contributed by atoms with Crippen LogP contribution in [0.3, 0.4) is 0 Å². The minimum atomic E-state index is 0.704. The molecule has 0 aromatic heterocycles. The van der Waals surface area contributed by atoms with Gasteiger partial charge in [0.25, 0.3) is 0 Å². The fourth-order valence-electron chi connectivity index (χ4n) is 2.18. The molecule has 1 aromatic carbocycles. The first-order valence-corrected chi connectivity index (χ1v) is 6.51. The Morgan fingerprint density at radius 2 is 1.88 bits per heavy atom. The van der Waals surface area contributed by atoms with E-state index in [0.29, 0.717) is 12.5 Å². The van der Waals surface area contributed by atoms with Crippen LogP contribution in [0.4, 0.5) is 0 Å². The van der Waals surface area contributed by atoms with E-state index >= 15 is 0 Å². The van der Waals surface area contributed by atoms with Crippen molar-refractivity contribution in [3.05, 3.63) is 29.8 Å². The molecule has 1 fully saturated rings. The van der Waals surface area contributed by atoms with E-state index in [1.807, 2.05) is 12.1 Å². The highest BCUT2D eigenvalue weighted by Gasteiger charge is 2.13. The Morgan fingerprint density at radius 3 is 2.53 bits per heavy atom. The van der Waals surface area contributed by atoms with Crippen molar-refractivity contribution in [1.29, 1.82) is 0 Å². The van der Waals surface area contributed by atoms with Crippen molar-refractivity contribution in [3.8, 4) is 5.75 Å². The standard InChI is InChI=1S/C14H22N2O/c15-8-5-12-1-3-14(4-2-12)17-11-13-6-9-16-10-7-13/h1-4,13,16H,5-11,15H2. The molecule has 0 amide bonds. The number of hydrogen-bond acceptors (Lipinski definition) is 3. The van der Waals surface area contributed by atoms with E-state index < -0.39 is 0 Å². The summed E-state index contributed by atoms with van der Waals surface area (Å²) >= 11 is 0. The highest BCUT2D eigenvalue weighted by molar-refractivity contribution is 5.27. The molecule has 1 aliphatic heterocycles. The Balaban J connectivity index is 1.77. The van der Waals surface area contributed by atoms with Crippen molar-refractivity contribution in [1.82, 2.24) is 5.32 Å². The molecule has 0 aliphatic carbocycles. The number of piperidine rings is 1. The van der Waals surface area contributed by atoms with E-state index in [2.05, 4.69) is 17.4 Å². The molecule has 0 saturated carbocycles. The van der Waals surface area contributed by atoms with Gasteiger partial charge in [-0.2, -0.15) is 0 Å². The zero-order chi connectivity index (χ0) is 11.9. The highest BCUT2D eigenvalue weighted by atomic mass is 16.5. The molecular formula is C14H22N2O. The van der Waals surface area contributed by atoms with Gasteiger partial charge in [0.1, 0.15) is 5.75 Å². The monoisotopic (exact) mass is 234 g/mol. The third-order valence-electron chi connectivity index (χ3n) is 3.30. The van der Waals surface area contributed by atoms with Crippen LogP contribution in [0.2, 0.25) is 0 Å². The third-order valence-corrected chi connectivity index (χ3v) is 3.30. The van der Waals surface area contributed by atoms with Crippen molar-refractivity contribution < 1.29 is 4.74 Å². The summed E-state index contributed by atoms with van der Waals surface area (Å²) in [6.45, 7) is 3.81. The Morgan fingerprint density at radius 1 is 1.18 bits per heavy atom. The molecule has 1 aliphatic rings. The van der Waals surface area contributed by atoms with Crippen LogP contribution in [0, 0.1) is 5.92 Å². The third kappa shape index (κ3) is 4.02. The van der Waals surface area contributed by atoms with Crippen LogP contribution in [0.5, 0.6) is 5.75 Å². The molecule has 2 rings (SSSR count). The first-order valence-electron chi connectivity index (χ1n) is 6.51. The minimum Gasteiger partial charge on any atom is -0.493 e. The van der Waals surface area contributed by atoms with Crippen molar-refractivity contribution in [2.45, 2.75) is 19.3 Å². The molecule has 0 atom stereocenters. The fraction of sp³-hybridized carbons (Fsp3) is 0.571. The van der Waals surface area contributed by atoms with Gasteiger partial charge in [-0.25, -0.2) is 0 Å². The van der Waals surface area contributed by atoms with E-state index in [4.69, 9.17) is 10.5 Å². The van der Waals surface area contributed by atoms with E-state index in [-0.39, 0.29) is 0 Å². The number of nitrogens with two attached hydrogens (primary N) is 1. The summed E-state index contributed by atoms with van der Waals surface area (Å²) < 4.78 is 5.82. The van der Waals surface area contributed by atoms with Crippen LogP contribution in [-0.2, 0) is 6.42 Å². The van der Waals surface area contributed by atoms with Gasteiger partial charge in [0.15, 0.2) is 0 Å². The maximum Gasteiger partial charge on any atom is 0.119 e. The maximum absolute atomic E-state index is 5.82. The molecule has 0 spiro atoms. The first-order chi connectivity index (χ1) is 8.38. The van der Waals surface area contributed by atoms with Gasteiger partial charge in [-0.05, 0) is 62.5 Å². The lowest BCUT2D eigenvalue weighted by Gasteiger charge is -2.22. The Bertz CT molecular complexity index is 317.